The zero-order valence-electron chi connectivity index (χ0n) is 23.2. The third-order valence-corrected chi connectivity index (χ3v) is 7.86. The van der Waals surface area contributed by atoms with Gasteiger partial charge in [0, 0.05) is 43.8 Å². The van der Waals surface area contributed by atoms with Crippen LogP contribution in [0, 0.1) is 0 Å². The van der Waals surface area contributed by atoms with Crippen molar-refractivity contribution in [3.63, 3.8) is 0 Å². The quantitative estimate of drug-likeness (QED) is 0.350. The molecule has 13 nitrogen and oxygen atoms in total. The van der Waals surface area contributed by atoms with Gasteiger partial charge in [0.2, 0.25) is 5.95 Å². The number of likely N-dealkylation sites (N-methyl/N-ethyl adjacent to an activating group) is 1. The van der Waals surface area contributed by atoms with Crippen LogP contribution in [0.2, 0.25) is 0 Å². The van der Waals surface area contributed by atoms with E-state index in [1.54, 1.807) is 22.9 Å². The van der Waals surface area contributed by atoms with Crippen LogP contribution in [0.4, 0.5) is 23.1 Å². The Morgan fingerprint density at radius 2 is 1.81 bits per heavy atom. The molecule has 0 saturated carbocycles. The number of pyridine rings is 1. The normalized spacial score (nSPS) is 19.2. The van der Waals surface area contributed by atoms with Gasteiger partial charge in [-0.1, -0.05) is 12.2 Å². The number of nitrogens with zero attached hydrogens (tertiary/aromatic N) is 8. The van der Waals surface area contributed by atoms with Crippen molar-refractivity contribution in [1.29, 1.82) is 0 Å². The van der Waals surface area contributed by atoms with Gasteiger partial charge in [-0.15, -0.1) is 0 Å². The zero-order chi connectivity index (χ0) is 28.8. The Balaban J connectivity index is 1.27. The number of aliphatic hydroxyl groups excluding tert-OH is 1. The smallest absolute Gasteiger partial charge is 0.278 e. The summed E-state index contributed by atoms with van der Waals surface area (Å²) in [6.07, 6.45) is 4.65. The Morgan fingerprint density at radius 3 is 2.62 bits per heavy atom. The molecule has 216 valence electrons. The molecule has 1 amide bonds. The molecule has 1 unspecified atom stereocenters. The number of allylic oxidation sites excluding steroid dienone is 1. The Bertz CT molecular complexity index is 1740. The molecule has 1 saturated heterocycles. The number of hydrogen-bond donors (Lipinski definition) is 2. The van der Waals surface area contributed by atoms with Gasteiger partial charge in [-0.2, -0.15) is 4.98 Å². The van der Waals surface area contributed by atoms with E-state index in [1.165, 1.54) is 21.5 Å². The van der Waals surface area contributed by atoms with E-state index in [9.17, 15) is 14.7 Å². The summed E-state index contributed by atoms with van der Waals surface area (Å²) >= 11 is 0. The molecule has 13 heteroatoms. The van der Waals surface area contributed by atoms with E-state index in [0.717, 1.165) is 31.9 Å². The summed E-state index contributed by atoms with van der Waals surface area (Å²) in [7, 11) is 2.14. The van der Waals surface area contributed by atoms with Gasteiger partial charge in [0.1, 0.15) is 5.39 Å². The standard InChI is InChI=1S/C29H31N9O4/c1-34-12-14-35(15-13-34)20-7-5-19(6-8-20)31-29-30-16-22-26(33-29)38-24-10-9-23-27(32-24)36(25(40)18-42-23)17-21(39)4-2-3-11-37(38)28(22)41/h2-3,5-10,16,21,39H,4,11-15,17-18H2,1H3,(H,30,31,33). The number of carbonyl (C=O) groups excluding carboxylic acids is 1. The Morgan fingerprint density at radius 1 is 1.00 bits per heavy atom. The molecule has 4 aromatic rings. The summed E-state index contributed by atoms with van der Waals surface area (Å²) < 4.78 is 8.76. The van der Waals surface area contributed by atoms with Gasteiger partial charge in [-0.05, 0) is 49.9 Å². The summed E-state index contributed by atoms with van der Waals surface area (Å²) in [6.45, 7) is 4.23. The molecule has 0 spiro atoms. The number of hydrogen-bond acceptors (Lipinski definition) is 10. The van der Waals surface area contributed by atoms with Gasteiger partial charge in [-0.3, -0.25) is 14.5 Å². The van der Waals surface area contributed by atoms with E-state index in [1.807, 2.05) is 18.2 Å². The molecular formula is C29H31N9O4. The van der Waals surface area contributed by atoms with E-state index < -0.39 is 6.10 Å². The first-order valence-corrected chi connectivity index (χ1v) is 14.0. The van der Waals surface area contributed by atoms with Gasteiger partial charge in [0.25, 0.3) is 11.5 Å². The van der Waals surface area contributed by atoms with Crippen LogP contribution in [0.15, 0.2) is 59.5 Å². The number of benzene rings is 1. The monoisotopic (exact) mass is 569 g/mol. The predicted octanol–water partition coefficient (Wildman–Crippen LogP) is 1.52. The maximum Gasteiger partial charge on any atom is 0.278 e. The fourth-order valence-electron chi connectivity index (χ4n) is 5.52. The number of piperazine rings is 1. The number of aromatic nitrogens is 5. The molecule has 2 N–H and O–H groups in total. The molecule has 0 radical (unpaired) electrons. The number of aliphatic hydroxyl groups is 1. The number of ether oxygens (including phenoxy) is 1. The van der Waals surface area contributed by atoms with Crippen LogP contribution in [0.5, 0.6) is 5.75 Å². The molecular weight excluding hydrogens is 538 g/mol. The van der Waals surface area contributed by atoms with Crippen molar-refractivity contribution in [2.45, 2.75) is 19.1 Å². The Kier molecular flexibility index (Phi) is 6.59. The van der Waals surface area contributed by atoms with Crippen LogP contribution in [-0.4, -0.2) is 92.7 Å². The molecule has 1 atom stereocenters. The highest BCUT2D eigenvalue weighted by molar-refractivity contribution is 5.97. The number of nitrogens with one attached hydrogen (secondary N) is 1. The Hall–Kier alpha value is -4.75. The van der Waals surface area contributed by atoms with Gasteiger partial charge < -0.3 is 25.0 Å². The number of rotatable bonds is 3. The minimum atomic E-state index is -0.793. The molecule has 6 heterocycles. The third-order valence-electron chi connectivity index (χ3n) is 7.86. The molecule has 2 bridgehead atoms. The summed E-state index contributed by atoms with van der Waals surface area (Å²) in [5.74, 6) is 1.14. The molecule has 7 rings (SSSR count). The van der Waals surface area contributed by atoms with Crippen LogP contribution in [-0.2, 0) is 11.3 Å². The minimum absolute atomic E-state index is 0.0824. The number of anilines is 4. The average molecular weight is 570 g/mol. The summed E-state index contributed by atoms with van der Waals surface area (Å²) in [5.41, 5.74) is 2.08. The number of fused-ring (bicyclic) bond motifs is 5. The van der Waals surface area contributed by atoms with Crippen molar-refractivity contribution in [3.8, 4) is 11.6 Å². The molecule has 1 aromatic carbocycles. The summed E-state index contributed by atoms with van der Waals surface area (Å²) in [5, 5.41) is 14.1. The van der Waals surface area contributed by atoms with Gasteiger partial charge in [0.05, 0.1) is 19.2 Å². The fraction of sp³-hybridized carbons (Fsp3) is 0.345. The van der Waals surface area contributed by atoms with Crippen molar-refractivity contribution in [1.82, 2.24) is 29.2 Å². The lowest BCUT2D eigenvalue weighted by Crippen LogP contribution is -2.44. The van der Waals surface area contributed by atoms with Crippen LogP contribution >= 0.6 is 0 Å². The van der Waals surface area contributed by atoms with Crippen molar-refractivity contribution in [2.75, 3.05) is 61.5 Å². The first-order valence-electron chi connectivity index (χ1n) is 14.0. The molecule has 3 aliphatic rings. The van der Waals surface area contributed by atoms with Crippen molar-refractivity contribution < 1.29 is 14.6 Å². The first-order chi connectivity index (χ1) is 20.4. The number of carbonyl (C=O) groups is 1. The average Bonchev–Trinajstić information content (AvgIpc) is 3.27. The lowest BCUT2D eigenvalue weighted by Gasteiger charge is -2.34. The molecule has 0 aliphatic carbocycles. The van der Waals surface area contributed by atoms with Crippen LogP contribution in [0.25, 0.3) is 16.9 Å². The second-order valence-corrected chi connectivity index (χ2v) is 10.7. The highest BCUT2D eigenvalue weighted by Crippen LogP contribution is 2.32. The van der Waals surface area contributed by atoms with E-state index in [0.29, 0.717) is 40.8 Å². The van der Waals surface area contributed by atoms with E-state index in [2.05, 4.69) is 39.3 Å². The zero-order valence-corrected chi connectivity index (χ0v) is 23.2. The fourth-order valence-corrected chi connectivity index (χ4v) is 5.52. The van der Waals surface area contributed by atoms with E-state index >= 15 is 0 Å². The van der Waals surface area contributed by atoms with Gasteiger partial charge >= 0.3 is 0 Å². The Labute approximate surface area is 241 Å². The molecule has 1 fully saturated rings. The van der Waals surface area contributed by atoms with Crippen LogP contribution < -0.4 is 25.4 Å². The lowest BCUT2D eigenvalue weighted by atomic mass is 10.2. The lowest BCUT2D eigenvalue weighted by molar-refractivity contribution is -0.121. The first kappa shape index (κ1) is 26.2. The second kappa shape index (κ2) is 10.6. The van der Waals surface area contributed by atoms with Crippen molar-refractivity contribution in [3.05, 3.63) is 65.1 Å². The number of amides is 1. The largest absolute Gasteiger partial charge is 0.480 e. The topological polar surface area (TPSA) is 134 Å². The van der Waals surface area contributed by atoms with Crippen molar-refractivity contribution in [2.24, 2.45) is 0 Å². The molecule has 3 aliphatic heterocycles. The van der Waals surface area contributed by atoms with E-state index in [-0.39, 0.29) is 31.2 Å². The highest BCUT2D eigenvalue weighted by atomic mass is 16.5. The van der Waals surface area contributed by atoms with Crippen LogP contribution in [0.1, 0.15) is 6.42 Å². The summed E-state index contributed by atoms with van der Waals surface area (Å²) in [6, 6.07) is 11.6. The molecule has 42 heavy (non-hydrogen) atoms. The van der Waals surface area contributed by atoms with E-state index in [4.69, 9.17) is 14.7 Å². The van der Waals surface area contributed by atoms with Crippen molar-refractivity contribution >= 4 is 40.1 Å². The summed E-state index contributed by atoms with van der Waals surface area (Å²) in [4.78, 5) is 46.3. The predicted molar refractivity (Wildman–Crippen MR) is 158 cm³/mol. The minimum Gasteiger partial charge on any atom is -0.480 e. The van der Waals surface area contributed by atoms with Crippen LogP contribution in [0.3, 0.4) is 0 Å². The second-order valence-electron chi connectivity index (χ2n) is 10.7. The van der Waals surface area contributed by atoms with Gasteiger partial charge in [-0.25, -0.2) is 19.3 Å². The highest BCUT2D eigenvalue weighted by Gasteiger charge is 2.30. The maximum absolute atomic E-state index is 13.5. The SMILES string of the molecule is CN1CCN(c2ccc(Nc3ncc4c(=O)n5n(c4n3)-c3ccc4c(n3)N(CC(O)CC=CC5)C(=O)CO4)cc2)CC1. The third kappa shape index (κ3) is 4.76. The van der Waals surface area contributed by atoms with Gasteiger partial charge in [0.15, 0.2) is 29.6 Å². The molecule has 3 aromatic heterocycles. The maximum atomic E-state index is 13.5.